The highest BCUT2D eigenvalue weighted by Gasteiger charge is 2.27. The van der Waals surface area contributed by atoms with Crippen LogP contribution in [-0.4, -0.2) is 46.7 Å². The summed E-state index contributed by atoms with van der Waals surface area (Å²) in [5.41, 5.74) is 8.16. The zero-order chi connectivity index (χ0) is 26.1. The second kappa shape index (κ2) is 12.0. The van der Waals surface area contributed by atoms with Crippen molar-refractivity contribution in [2.24, 2.45) is 10.8 Å². The first-order chi connectivity index (χ1) is 17.2. The summed E-state index contributed by atoms with van der Waals surface area (Å²) in [5.74, 6) is -0.477. The van der Waals surface area contributed by atoms with Crippen molar-refractivity contribution in [1.82, 2.24) is 5.43 Å². The number of hydrazone groups is 1. The van der Waals surface area contributed by atoms with Crippen LogP contribution in [0.2, 0.25) is 5.02 Å². The Labute approximate surface area is 213 Å². The van der Waals surface area contributed by atoms with Crippen LogP contribution in [0, 0.1) is 0 Å². The number of nitrogens with zero attached hydrogens (tertiary/aromatic N) is 2. The first kappa shape index (κ1) is 26.5. The van der Waals surface area contributed by atoms with Crippen LogP contribution in [0.25, 0.3) is 0 Å². The van der Waals surface area contributed by atoms with E-state index in [0.29, 0.717) is 17.1 Å². The minimum atomic E-state index is -4.10. The Balaban J connectivity index is 1.76. The average Bonchev–Trinajstić information content (AvgIpc) is 2.87. The zero-order valence-corrected chi connectivity index (χ0v) is 20.7. The lowest BCUT2D eigenvalue weighted by Gasteiger charge is -2.24. The van der Waals surface area contributed by atoms with Crippen LogP contribution in [0.5, 0.6) is 11.5 Å². The maximum absolute atomic E-state index is 13.3. The molecule has 0 fully saturated rings. The van der Waals surface area contributed by atoms with Gasteiger partial charge in [0, 0.05) is 0 Å². The summed E-state index contributed by atoms with van der Waals surface area (Å²) in [5, 5.41) is 4.07. The highest BCUT2D eigenvalue weighted by Crippen LogP contribution is 2.31. The summed E-state index contributed by atoms with van der Waals surface area (Å²) in [4.78, 5) is 23.4. The van der Waals surface area contributed by atoms with Crippen molar-refractivity contribution >= 4 is 45.3 Å². The number of carbonyl (C=O) groups is 2. The van der Waals surface area contributed by atoms with E-state index in [1.165, 1.54) is 43.7 Å². The number of hydrogen-bond acceptors (Lipinski definition) is 7. The molecule has 0 saturated heterocycles. The van der Waals surface area contributed by atoms with E-state index in [0.717, 1.165) is 4.31 Å². The van der Waals surface area contributed by atoms with Gasteiger partial charge in [-0.05, 0) is 60.2 Å². The number of primary amides is 1. The lowest BCUT2D eigenvalue weighted by molar-refractivity contribution is -0.120. The molecule has 0 aliphatic carbocycles. The van der Waals surface area contributed by atoms with Gasteiger partial charge in [0.2, 0.25) is 0 Å². The monoisotopic (exact) mass is 530 g/mol. The van der Waals surface area contributed by atoms with Crippen molar-refractivity contribution in [1.29, 1.82) is 0 Å². The summed E-state index contributed by atoms with van der Waals surface area (Å²) < 4.78 is 37.9. The molecule has 36 heavy (non-hydrogen) atoms. The van der Waals surface area contributed by atoms with E-state index < -0.39 is 28.4 Å². The van der Waals surface area contributed by atoms with Crippen LogP contribution in [0.4, 0.5) is 5.69 Å². The second-order valence-electron chi connectivity index (χ2n) is 7.26. The Morgan fingerprint density at radius 2 is 1.78 bits per heavy atom. The Kier molecular flexibility index (Phi) is 8.87. The smallest absolute Gasteiger partial charge is 0.264 e. The Hall–Kier alpha value is -4.09. The molecule has 3 rings (SSSR count). The molecule has 3 aromatic rings. The molecule has 0 unspecified atom stereocenters. The first-order valence-electron chi connectivity index (χ1n) is 10.4. The molecule has 0 aliphatic heterocycles. The molecular formula is C24H23ClN4O6S. The van der Waals surface area contributed by atoms with Gasteiger partial charge in [-0.15, -0.1) is 0 Å². The zero-order valence-electron chi connectivity index (χ0n) is 19.1. The number of anilines is 1. The van der Waals surface area contributed by atoms with Gasteiger partial charge < -0.3 is 15.2 Å². The van der Waals surface area contributed by atoms with Gasteiger partial charge in [0.1, 0.15) is 18.0 Å². The number of carbonyl (C=O) groups excluding carboxylic acids is 2. The van der Waals surface area contributed by atoms with Crippen LogP contribution >= 0.6 is 11.6 Å². The third kappa shape index (κ3) is 6.96. The molecule has 0 atom stereocenters. The molecule has 0 aliphatic rings. The quantitative estimate of drug-likeness (QED) is 0.288. The van der Waals surface area contributed by atoms with Gasteiger partial charge in [0.15, 0.2) is 6.61 Å². The molecule has 0 heterocycles. The molecule has 0 spiro atoms. The lowest BCUT2D eigenvalue weighted by Crippen LogP contribution is -2.39. The number of nitrogens with two attached hydrogens (primary N) is 1. The van der Waals surface area contributed by atoms with E-state index in [2.05, 4.69) is 10.5 Å². The van der Waals surface area contributed by atoms with Crippen molar-refractivity contribution in [2.45, 2.75) is 4.90 Å². The van der Waals surface area contributed by atoms with Gasteiger partial charge in [-0.1, -0.05) is 29.8 Å². The molecule has 12 heteroatoms. The van der Waals surface area contributed by atoms with Crippen molar-refractivity contribution in [2.75, 3.05) is 24.6 Å². The fraction of sp³-hybridized carbons (Fsp3) is 0.125. The number of sulfonamides is 1. The Bertz CT molecular complexity index is 1350. The van der Waals surface area contributed by atoms with Crippen LogP contribution in [-0.2, 0) is 19.6 Å². The maximum Gasteiger partial charge on any atom is 0.264 e. The molecule has 3 aromatic carbocycles. The number of amides is 2. The predicted octanol–water partition coefficient (Wildman–Crippen LogP) is 2.56. The standard InChI is InChI=1S/C24H23ClN4O6S/c1-34-22-12-9-18(13-21(22)25)29(36(32,33)20-5-3-2-4-6-20)15-24(31)28-27-14-17-7-10-19(11-8-17)35-16-23(26)30/h2-14H,15-16H2,1H3,(H2,26,30)(H,28,31)/b27-14+. The highest BCUT2D eigenvalue weighted by molar-refractivity contribution is 7.92. The number of rotatable bonds is 11. The van der Waals surface area contributed by atoms with E-state index >= 15 is 0 Å². The Morgan fingerprint density at radius 3 is 2.39 bits per heavy atom. The van der Waals surface area contributed by atoms with Crippen molar-refractivity contribution in [3.8, 4) is 11.5 Å². The molecule has 0 bridgehead atoms. The van der Waals surface area contributed by atoms with Gasteiger partial charge in [0.05, 0.1) is 28.9 Å². The fourth-order valence-corrected chi connectivity index (χ4v) is 4.68. The topological polar surface area (TPSA) is 140 Å². The summed E-state index contributed by atoms with van der Waals surface area (Å²) in [6.07, 6.45) is 1.37. The van der Waals surface area contributed by atoms with E-state index in [4.69, 9.17) is 26.8 Å². The minimum Gasteiger partial charge on any atom is -0.495 e. The fourth-order valence-electron chi connectivity index (χ4n) is 2.99. The molecule has 0 saturated carbocycles. The number of benzene rings is 3. The second-order valence-corrected chi connectivity index (χ2v) is 9.53. The Morgan fingerprint density at radius 1 is 1.08 bits per heavy atom. The first-order valence-corrected chi connectivity index (χ1v) is 12.3. The number of ether oxygens (including phenoxy) is 2. The largest absolute Gasteiger partial charge is 0.495 e. The third-order valence-electron chi connectivity index (χ3n) is 4.71. The summed E-state index contributed by atoms with van der Waals surface area (Å²) >= 11 is 6.20. The predicted molar refractivity (Wildman–Crippen MR) is 136 cm³/mol. The van der Waals surface area contributed by atoms with Gasteiger partial charge in [-0.3, -0.25) is 13.9 Å². The lowest BCUT2D eigenvalue weighted by atomic mass is 10.2. The molecule has 10 nitrogen and oxygen atoms in total. The van der Waals surface area contributed by atoms with Crippen LogP contribution in [0.3, 0.4) is 0 Å². The summed E-state index contributed by atoms with van der Waals surface area (Å²) in [7, 11) is -2.67. The number of methoxy groups -OCH3 is 1. The third-order valence-corrected chi connectivity index (χ3v) is 6.79. The molecule has 2 amide bonds. The molecule has 188 valence electrons. The van der Waals surface area contributed by atoms with Crippen LogP contribution < -0.4 is 24.9 Å². The van der Waals surface area contributed by atoms with Crippen molar-refractivity contribution in [3.63, 3.8) is 0 Å². The molecule has 3 N–H and O–H groups in total. The summed E-state index contributed by atoms with van der Waals surface area (Å²) in [6.45, 7) is -0.803. The van der Waals surface area contributed by atoms with Gasteiger partial charge in [-0.25, -0.2) is 13.8 Å². The van der Waals surface area contributed by atoms with Gasteiger partial charge in [0.25, 0.3) is 21.8 Å². The normalized spacial score (nSPS) is 11.2. The van der Waals surface area contributed by atoms with Gasteiger partial charge >= 0.3 is 0 Å². The van der Waals surface area contributed by atoms with E-state index in [-0.39, 0.29) is 22.2 Å². The van der Waals surface area contributed by atoms with Crippen LogP contribution in [0.15, 0.2) is 82.8 Å². The van der Waals surface area contributed by atoms with Gasteiger partial charge in [-0.2, -0.15) is 5.10 Å². The molecular weight excluding hydrogens is 508 g/mol. The summed E-state index contributed by atoms with van der Waals surface area (Å²) in [6, 6.07) is 18.6. The number of hydrogen-bond donors (Lipinski definition) is 2. The highest BCUT2D eigenvalue weighted by atomic mass is 35.5. The van der Waals surface area contributed by atoms with Crippen molar-refractivity contribution < 1.29 is 27.5 Å². The van der Waals surface area contributed by atoms with E-state index in [1.807, 2.05) is 0 Å². The van der Waals surface area contributed by atoms with E-state index in [9.17, 15) is 18.0 Å². The van der Waals surface area contributed by atoms with E-state index in [1.54, 1.807) is 42.5 Å². The number of nitrogens with one attached hydrogen (secondary N) is 1. The van der Waals surface area contributed by atoms with Crippen molar-refractivity contribution in [3.05, 3.63) is 83.4 Å². The SMILES string of the molecule is COc1ccc(N(CC(=O)N/N=C/c2ccc(OCC(N)=O)cc2)S(=O)(=O)c2ccccc2)cc1Cl. The molecule has 0 radical (unpaired) electrons. The number of halogens is 1. The average molecular weight is 531 g/mol. The minimum absolute atomic E-state index is 0.00638. The maximum atomic E-state index is 13.3. The van der Waals surface area contributed by atoms with Crippen LogP contribution in [0.1, 0.15) is 5.56 Å². The molecule has 0 aromatic heterocycles.